The zero-order valence-electron chi connectivity index (χ0n) is 10.5. The van der Waals surface area contributed by atoms with Crippen molar-refractivity contribution < 1.29 is 4.79 Å². The van der Waals surface area contributed by atoms with Crippen molar-refractivity contribution in [2.45, 2.75) is 11.8 Å². The summed E-state index contributed by atoms with van der Waals surface area (Å²) >= 11 is 6.87. The Morgan fingerprint density at radius 1 is 1.42 bits per heavy atom. The molecular formula is C14H16N2OS2. The second kappa shape index (κ2) is 6.73. The van der Waals surface area contributed by atoms with Crippen LogP contribution < -0.4 is 5.32 Å². The minimum atomic E-state index is -0.207. The number of thioether (sulfide) groups is 1. The van der Waals surface area contributed by atoms with E-state index in [2.05, 4.69) is 24.0 Å². The van der Waals surface area contributed by atoms with Gasteiger partial charge in [-0.15, -0.1) is 6.58 Å². The van der Waals surface area contributed by atoms with E-state index in [0.717, 1.165) is 11.5 Å². The van der Waals surface area contributed by atoms with Crippen molar-refractivity contribution in [2.24, 2.45) is 0 Å². The number of amides is 1. The van der Waals surface area contributed by atoms with Gasteiger partial charge in [-0.2, -0.15) is 11.8 Å². The molecule has 1 atom stereocenters. The van der Waals surface area contributed by atoms with Crippen molar-refractivity contribution in [1.82, 2.24) is 10.2 Å². The fraction of sp³-hybridized carbons (Fsp3) is 0.286. The first-order valence-electron chi connectivity index (χ1n) is 6.07. The van der Waals surface area contributed by atoms with E-state index in [4.69, 9.17) is 12.2 Å². The average molecular weight is 292 g/mol. The summed E-state index contributed by atoms with van der Waals surface area (Å²) in [5, 5.41) is 3.57. The Labute approximate surface area is 123 Å². The van der Waals surface area contributed by atoms with Gasteiger partial charge in [0.15, 0.2) is 5.11 Å². The van der Waals surface area contributed by atoms with Crippen molar-refractivity contribution in [3.8, 4) is 0 Å². The van der Waals surface area contributed by atoms with Gasteiger partial charge in [-0.1, -0.05) is 36.4 Å². The lowest BCUT2D eigenvalue weighted by atomic mass is 10.2. The highest BCUT2D eigenvalue weighted by molar-refractivity contribution is 7.98. The van der Waals surface area contributed by atoms with Gasteiger partial charge in [0, 0.05) is 18.1 Å². The van der Waals surface area contributed by atoms with Crippen LogP contribution in [-0.4, -0.2) is 34.3 Å². The summed E-state index contributed by atoms with van der Waals surface area (Å²) in [5.74, 6) is 1.67. The summed E-state index contributed by atoms with van der Waals surface area (Å²) in [7, 11) is 0. The van der Waals surface area contributed by atoms with Gasteiger partial charge in [0.2, 0.25) is 0 Å². The van der Waals surface area contributed by atoms with Crippen molar-refractivity contribution >= 4 is 35.0 Å². The fourth-order valence-electron chi connectivity index (χ4n) is 1.86. The highest BCUT2D eigenvalue weighted by Crippen LogP contribution is 2.16. The molecule has 0 aliphatic carbocycles. The van der Waals surface area contributed by atoms with Gasteiger partial charge in [-0.25, -0.2) is 0 Å². The molecule has 0 spiro atoms. The van der Waals surface area contributed by atoms with Crippen molar-refractivity contribution in [2.75, 3.05) is 12.3 Å². The SMILES string of the molecule is C=CCN1C(=O)[C@H](CSCc2ccccc2)NC1=S. The number of thiocarbonyl (C=S) groups is 1. The Morgan fingerprint density at radius 2 is 2.16 bits per heavy atom. The molecule has 1 aromatic carbocycles. The zero-order valence-corrected chi connectivity index (χ0v) is 12.2. The highest BCUT2D eigenvalue weighted by Gasteiger charge is 2.34. The number of hydrogen-bond donors (Lipinski definition) is 1. The molecule has 1 saturated heterocycles. The number of carbonyl (C=O) groups is 1. The monoisotopic (exact) mass is 292 g/mol. The fourth-order valence-corrected chi connectivity index (χ4v) is 3.18. The Bertz CT molecular complexity index is 476. The maximum atomic E-state index is 12.1. The molecule has 0 saturated carbocycles. The number of nitrogens with one attached hydrogen (secondary N) is 1. The molecule has 1 aliphatic rings. The quantitative estimate of drug-likeness (QED) is 0.643. The molecule has 1 heterocycles. The van der Waals surface area contributed by atoms with Gasteiger partial charge in [0.05, 0.1) is 0 Å². The van der Waals surface area contributed by atoms with Crippen LogP contribution in [0.4, 0.5) is 0 Å². The third-order valence-electron chi connectivity index (χ3n) is 2.81. The maximum absolute atomic E-state index is 12.1. The first kappa shape index (κ1) is 14.1. The summed E-state index contributed by atoms with van der Waals surface area (Å²) in [4.78, 5) is 13.6. The molecule has 100 valence electrons. The van der Waals surface area contributed by atoms with Gasteiger partial charge in [-0.05, 0) is 17.8 Å². The van der Waals surface area contributed by atoms with Gasteiger partial charge < -0.3 is 5.32 Å². The molecule has 3 nitrogen and oxygen atoms in total. The summed E-state index contributed by atoms with van der Waals surface area (Å²) in [6.07, 6.45) is 1.69. The molecule has 1 amide bonds. The molecule has 2 rings (SSSR count). The van der Waals surface area contributed by atoms with E-state index < -0.39 is 0 Å². The second-order valence-corrected chi connectivity index (χ2v) is 5.66. The predicted octanol–water partition coefficient (Wildman–Crippen LogP) is 2.19. The summed E-state index contributed by atoms with van der Waals surface area (Å²) in [6.45, 7) is 4.11. The summed E-state index contributed by atoms with van der Waals surface area (Å²) < 4.78 is 0. The first-order chi connectivity index (χ1) is 9.22. The van der Waals surface area contributed by atoms with Crippen molar-refractivity contribution in [3.63, 3.8) is 0 Å². The third-order valence-corrected chi connectivity index (χ3v) is 4.26. The van der Waals surface area contributed by atoms with Crippen molar-refractivity contribution in [1.29, 1.82) is 0 Å². The summed E-state index contributed by atoms with van der Waals surface area (Å²) in [5.41, 5.74) is 1.27. The molecule has 1 fully saturated rings. The topological polar surface area (TPSA) is 32.3 Å². The van der Waals surface area contributed by atoms with Crippen LogP contribution in [0.2, 0.25) is 0 Å². The van der Waals surface area contributed by atoms with Gasteiger partial charge in [0.1, 0.15) is 6.04 Å². The highest BCUT2D eigenvalue weighted by atomic mass is 32.2. The van der Waals surface area contributed by atoms with Gasteiger partial charge >= 0.3 is 0 Å². The average Bonchev–Trinajstić information content (AvgIpc) is 2.68. The van der Waals surface area contributed by atoms with Crippen LogP contribution in [0, 0.1) is 0 Å². The van der Waals surface area contributed by atoms with Gasteiger partial charge in [-0.3, -0.25) is 9.69 Å². The second-order valence-electron chi connectivity index (χ2n) is 4.24. The molecule has 1 aliphatic heterocycles. The van der Waals surface area contributed by atoms with Gasteiger partial charge in [0.25, 0.3) is 5.91 Å². The molecular weight excluding hydrogens is 276 g/mol. The molecule has 1 aromatic rings. The Balaban J connectivity index is 1.82. The van der Waals surface area contributed by atoms with Crippen LogP contribution in [0.1, 0.15) is 5.56 Å². The molecule has 19 heavy (non-hydrogen) atoms. The Morgan fingerprint density at radius 3 is 2.84 bits per heavy atom. The minimum Gasteiger partial charge on any atom is -0.350 e. The Kier molecular flexibility index (Phi) is 4.99. The van der Waals surface area contributed by atoms with Crippen LogP contribution in [0.15, 0.2) is 43.0 Å². The molecule has 0 bridgehead atoms. The number of hydrogen-bond acceptors (Lipinski definition) is 3. The lowest BCUT2D eigenvalue weighted by Crippen LogP contribution is -2.32. The van der Waals surface area contributed by atoms with Crippen LogP contribution >= 0.6 is 24.0 Å². The van der Waals surface area contributed by atoms with Crippen molar-refractivity contribution in [3.05, 3.63) is 48.6 Å². The molecule has 5 heteroatoms. The molecule has 1 N–H and O–H groups in total. The van der Waals surface area contributed by atoms with E-state index in [1.807, 2.05) is 18.2 Å². The van der Waals surface area contributed by atoms with E-state index in [1.54, 1.807) is 22.7 Å². The number of rotatable bonds is 6. The number of carbonyl (C=O) groups excluding carboxylic acids is 1. The minimum absolute atomic E-state index is 0.0467. The van der Waals surface area contributed by atoms with E-state index in [9.17, 15) is 4.79 Å². The standard InChI is InChI=1S/C14H16N2OS2/c1-2-8-16-13(17)12(15-14(16)18)10-19-9-11-6-4-3-5-7-11/h2-7,12H,1,8-10H2,(H,15,18)/t12-/m0/s1. The third kappa shape index (κ3) is 3.58. The lowest BCUT2D eigenvalue weighted by molar-refractivity contribution is -0.126. The van der Waals surface area contributed by atoms with Crippen LogP contribution in [0.3, 0.4) is 0 Å². The van der Waals surface area contributed by atoms with E-state index in [0.29, 0.717) is 11.7 Å². The first-order valence-corrected chi connectivity index (χ1v) is 7.63. The van der Waals surface area contributed by atoms with E-state index >= 15 is 0 Å². The number of nitrogens with zero attached hydrogens (tertiary/aromatic N) is 1. The molecule has 0 radical (unpaired) electrons. The Hall–Kier alpha value is -1.33. The maximum Gasteiger partial charge on any atom is 0.252 e. The van der Waals surface area contributed by atoms with Crippen LogP contribution in [0.25, 0.3) is 0 Å². The summed E-state index contributed by atoms with van der Waals surface area (Å²) in [6, 6.07) is 10.0. The zero-order chi connectivity index (χ0) is 13.7. The normalized spacial score (nSPS) is 18.5. The molecule has 0 unspecified atom stereocenters. The predicted molar refractivity (Wildman–Crippen MR) is 84.0 cm³/mol. The lowest BCUT2D eigenvalue weighted by Gasteiger charge is -2.11. The van der Waals surface area contributed by atoms with Crippen LogP contribution in [-0.2, 0) is 10.5 Å². The van der Waals surface area contributed by atoms with Crippen LogP contribution in [0.5, 0.6) is 0 Å². The number of benzene rings is 1. The van der Waals surface area contributed by atoms with E-state index in [-0.39, 0.29) is 11.9 Å². The smallest absolute Gasteiger partial charge is 0.252 e. The molecule has 0 aromatic heterocycles. The van der Waals surface area contributed by atoms with E-state index in [1.165, 1.54) is 5.56 Å². The largest absolute Gasteiger partial charge is 0.350 e.